The first kappa shape index (κ1) is 63.6. The van der Waals surface area contributed by atoms with E-state index in [1.807, 2.05) is 44.3 Å². The van der Waals surface area contributed by atoms with E-state index in [1.165, 1.54) is 39.1 Å². The number of aryl methyl sites for hydroxylation is 1. The minimum atomic E-state index is -2.03. The van der Waals surface area contributed by atoms with Crippen LogP contribution in [-0.2, 0) is 58.7 Å². The van der Waals surface area contributed by atoms with Gasteiger partial charge in [-0.1, -0.05) is 27.7 Å². The maximum absolute atomic E-state index is 14.6. The van der Waals surface area contributed by atoms with Crippen LogP contribution in [0.4, 0.5) is 0 Å². The Morgan fingerprint density at radius 1 is 0.910 bits per heavy atom. The van der Waals surface area contributed by atoms with Crippen LogP contribution in [0.5, 0.6) is 0 Å². The van der Waals surface area contributed by atoms with Gasteiger partial charge < -0.3 is 73.1 Å². The molecule has 78 heavy (non-hydrogen) atoms. The molecule has 1 aromatic carbocycles. The first-order chi connectivity index (χ1) is 36.5. The van der Waals surface area contributed by atoms with Gasteiger partial charge >= 0.3 is 17.9 Å². The molecule has 1 aromatic heterocycles. The summed E-state index contributed by atoms with van der Waals surface area (Å²) in [6.45, 7) is 19.9. The van der Waals surface area contributed by atoms with Gasteiger partial charge in [0.25, 0.3) is 0 Å². The number of aromatic nitrogens is 1. The molecule has 0 bridgehead atoms. The summed E-state index contributed by atoms with van der Waals surface area (Å²) >= 11 is 1.53. The highest BCUT2D eigenvalue weighted by atomic mass is 32.2. The predicted octanol–water partition coefficient (Wildman–Crippen LogP) is 5.28. The van der Waals surface area contributed by atoms with Crippen LogP contribution in [0, 0.1) is 23.7 Å². The van der Waals surface area contributed by atoms with E-state index in [9.17, 15) is 44.4 Å². The smallest absolute Gasteiger partial charge is 0.341 e. The van der Waals surface area contributed by atoms with E-state index in [0.717, 1.165) is 28.8 Å². The van der Waals surface area contributed by atoms with Crippen molar-refractivity contribution in [3.05, 3.63) is 39.7 Å². The first-order valence-corrected chi connectivity index (χ1v) is 28.7. The molecular formula is C57H89N3O17S. The number of hydrogen-bond acceptors (Lipinski definition) is 19. The number of ketones is 1. The molecule has 0 amide bonds. The van der Waals surface area contributed by atoms with Crippen LogP contribution in [0.3, 0.4) is 0 Å². The molecule has 21 heteroatoms. The third kappa shape index (κ3) is 13.7. The molecule has 20 nitrogen and oxygen atoms in total. The number of benzene rings is 1. The number of Topliss-reactive ketones (excluding diaryl/α,β-unsaturated/α-hetero) is 1. The Hall–Kier alpha value is -3.58. The van der Waals surface area contributed by atoms with Gasteiger partial charge in [0.1, 0.15) is 34.8 Å². The Morgan fingerprint density at radius 3 is 2.21 bits per heavy atom. The lowest BCUT2D eigenvalue weighted by Gasteiger charge is -2.50. The number of nitrogens with one attached hydrogen (secondary N) is 1. The van der Waals surface area contributed by atoms with Crippen LogP contribution >= 0.6 is 11.8 Å². The Labute approximate surface area is 463 Å². The van der Waals surface area contributed by atoms with Gasteiger partial charge in [0.05, 0.1) is 54.0 Å². The summed E-state index contributed by atoms with van der Waals surface area (Å²) in [6.07, 6.45) is -6.51. The number of ether oxygens (including phenoxy) is 8. The van der Waals surface area contributed by atoms with Crippen LogP contribution in [0.1, 0.15) is 137 Å². The molecule has 19 atom stereocenters. The van der Waals surface area contributed by atoms with Gasteiger partial charge in [-0.25, -0.2) is 4.79 Å². The van der Waals surface area contributed by atoms with Crippen molar-refractivity contribution in [3.63, 3.8) is 0 Å². The van der Waals surface area contributed by atoms with Gasteiger partial charge in [-0.15, -0.1) is 11.8 Å². The first-order valence-electron chi connectivity index (χ1n) is 27.7. The molecule has 4 aliphatic heterocycles. The highest BCUT2D eigenvalue weighted by molar-refractivity contribution is 7.99. The molecule has 0 spiro atoms. The second kappa shape index (κ2) is 26.1. The number of aromatic carboxylic acids is 1. The molecule has 0 saturated carbocycles. The summed E-state index contributed by atoms with van der Waals surface area (Å²) < 4.78 is 53.3. The lowest BCUT2D eigenvalue weighted by atomic mass is 9.74. The zero-order valence-corrected chi connectivity index (χ0v) is 49.3. The Morgan fingerprint density at radius 2 is 1.58 bits per heavy atom. The third-order valence-corrected chi connectivity index (χ3v) is 18.2. The van der Waals surface area contributed by atoms with Crippen LogP contribution in [-0.4, -0.2) is 185 Å². The van der Waals surface area contributed by atoms with Gasteiger partial charge in [0, 0.05) is 85.8 Å². The maximum atomic E-state index is 14.6. The molecule has 0 aliphatic carbocycles. The van der Waals surface area contributed by atoms with Gasteiger partial charge in [-0.05, 0) is 112 Å². The summed E-state index contributed by atoms with van der Waals surface area (Å²) in [4.78, 5) is 70.3. The number of rotatable bonds is 17. The molecule has 0 radical (unpaired) electrons. The Kier molecular flexibility index (Phi) is 21.3. The van der Waals surface area contributed by atoms with Crippen LogP contribution < -0.4 is 10.7 Å². The molecular weight excluding hydrogens is 1030 g/mol. The summed E-state index contributed by atoms with van der Waals surface area (Å²) in [5.41, 5.74) is -3.47. The number of thioether (sulfide) groups is 1. The summed E-state index contributed by atoms with van der Waals surface area (Å²) in [7, 11) is 6.73. The molecule has 5 heterocycles. The zero-order valence-electron chi connectivity index (χ0n) is 48.4. The molecule has 3 saturated heterocycles. The molecule has 4 aliphatic rings. The highest BCUT2D eigenvalue weighted by Crippen LogP contribution is 2.43. The minimum Gasteiger partial charge on any atom is -0.477 e. The Bertz CT molecular complexity index is 2490. The van der Waals surface area contributed by atoms with Crippen molar-refractivity contribution in [1.82, 2.24) is 14.8 Å². The van der Waals surface area contributed by atoms with Crippen molar-refractivity contribution in [2.75, 3.05) is 47.2 Å². The fourth-order valence-electron chi connectivity index (χ4n) is 12.4. The standard InChI is InChI=1S/C57H89N3O17S/c1-16-41-57(11,69)49(65)32(5)45(62)29(2)26-55(9,70-14)50(77-54-47(64)40(59(12)13)23-31(4)72-54)33(6)48(34(7)53(68)74-41)76-43-27-56(10,71-15)51(35(8)73-43)75-42(61)19-20-58-21-22-78-37-24-36-18-17-30(3)60-28-39(52(66)67)46(63)38(25-37)44(36)60/h24-25,28-35,40-41,43,47-51,54,58,64-65,69H,16-23,26-27H2,1-15H3,(H,66,67)/t29-,30?,31-,32+,33+,34-,35+,40+,41-,43+,47-,48+,49-,50-,51+,54+,55-,56-,57-/m1/s1. The van der Waals surface area contributed by atoms with Crippen molar-refractivity contribution in [3.8, 4) is 0 Å². The number of likely N-dealkylation sites (N-methyl/N-ethyl adjacent to an activating group) is 1. The highest BCUT2D eigenvalue weighted by Gasteiger charge is 2.55. The topological polar surface area (TPSA) is 260 Å². The van der Waals surface area contributed by atoms with Gasteiger partial charge in [-0.3, -0.25) is 19.2 Å². The van der Waals surface area contributed by atoms with Gasteiger partial charge in [0.2, 0.25) is 5.43 Å². The van der Waals surface area contributed by atoms with Crippen molar-refractivity contribution in [1.29, 1.82) is 0 Å². The fourth-order valence-corrected chi connectivity index (χ4v) is 13.3. The third-order valence-electron chi connectivity index (χ3n) is 17.3. The number of aliphatic hydroxyl groups excluding tert-OH is 2. The number of carboxylic acids is 1. The molecule has 6 rings (SSSR count). The number of carbonyl (C=O) groups is 4. The van der Waals surface area contributed by atoms with E-state index < -0.39 is 119 Å². The van der Waals surface area contributed by atoms with E-state index in [-0.39, 0.29) is 55.2 Å². The summed E-state index contributed by atoms with van der Waals surface area (Å²) in [6, 6.07) is 3.57. The maximum Gasteiger partial charge on any atom is 0.341 e. The largest absolute Gasteiger partial charge is 0.477 e. The van der Waals surface area contributed by atoms with E-state index in [0.29, 0.717) is 30.6 Å². The van der Waals surface area contributed by atoms with Crippen molar-refractivity contribution >= 4 is 46.4 Å². The zero-order chi connectivity index (χ0) is 57.9. The van der Waals surface area contributed by atoms with Crippen LogP contribution in [0.15, 0.2) is 28.0 Å². The van der Waals surface area contributed by atoms with Gasteiger partial charge in [-0.2, -0.15) is 0 Å². The number of hydrogen-bond donors (Lipinski definition) is 5. The lowest BCUT2D eigenvalue weighted by Crippen LogP contribution is -2.61. The van der Waals surface area contributed by atoms with Crippen molar-refractivity contribution in [2.24, 2.45) is 23.7 Å². The average molecular weight is 1120 g/mol. The number of carbonyl (C=O) groups excluding carboxylic acids is 3. The molecule has 1 unspecified atom stereocenters. The second-order valence-electron chi connectivity index (χ2n) is 23.4. The summed E-state index contributed by atoms with van der Waals surface area (Å²) in [5, 5.41) is 48.7. The van der Waals surface area contributed by atoms with E-state index >= 15 is 0 Å². The number of methoxy groups -OCH3 is 2. The summed E-state index contributed by atoms with van der Waals surface area (Å²) in [5.74, 6) is -5.97. The number of aliphatic hydroxyl groups is 3. The SMILES string of the molecule is CC[C@H]1OC(=O)[C@H](C)[C@@H](O[C@H]2C[C@@](C)(OC)[C@@H](OC(=O)CCNCCSc3cc4c5c(c3)c(=O)c(C(=O)O)cn5C(C)CC4)[C@H](C)O2)[C@H](C)[C@@H](O[C@@H]2O[C@H](C)C[C@H](N(C)C)[C@H]2O)[C@](C)(OC)C[C@@H](C)C(=O)[C@H](C)[C@@H](O)[C@]1(C)O. The minimum absolute atomic E-state index is 0.0293. The fraction of sp³-hybridized carbons (Fsp3) is 0.772. The number of nitrogens with zero attached hydrogens (tertiary/aromatic N) is 2. The van der Waals surface area contributed by atoms with Gasteiger partial charge in [0.15, 0.2) is 18.7 Å². The number of carboxylic acid groups (broad SMARTS) is 1. The van der Waals surface area contributed by atoms with Crippen molar-refractivity contribution < 1.29 is 77.5 Å². The number of esters is 2. The number of pyridine rings is 1. The van der Waals surface area contributed by atoms with Crippen molar-refractivity contribution in [2.45, 2.75) is 216 Å². The average Bonchev–Trinajstić information content (AvgIpc) is 3.49. The van der Waals surface area contributed by atoms with E-state index in [1.54, 1.807) is 54.5 Å². The number of cyclic esters (lactones) is 1. The Balaban J connectivity index is 1.19. The molecule has 3 fully saturated rings. The molecule has 5 N–H and O–H groups in total. The second-order valence-corrected chi connectivity index (χ2v) is 24.6. The van der Waals surface area contributed by atoms with Crippen LogP contribution in [0.2, 0.25) is 0 Å². The lowest BCUT2D eigenvalue weighted by molar-refractivity contribution is -0.320. The predicted molar refractivity (Wildman–Crippen MR) is 291 cm³/mol. The molecule has 2 aromatic rings. The quantitative estimate of drug-likeness (QED) is 0.0766. The van der Waals surface area contributed by atoms with Crippen LogP contribution in [0.25, 0.3) is 10.9 Å². The molecule has 440 valence electrons. The van der Waals surface area contributed by atoms with E-state index in [4.69, 9.17) is 37.9 Å². The monoisotopic (exact) mass is 1120 g/mol. The normalized spacial score (nSPS) is 38.2. The van der Waals surface area contributed by atoms with E-state index in [2.05, 4.69) is 11.4 Å².